The lowest BCUT2D eigenvalue weighted by atomic mass is 10.1. The summed E-state index contributed by atoms with van der Waals surface area (Å²) in [5.74, 6) is -0.115. The molecule has 13 heavy (non-hydrogen) atoms. The first-order chi connectivity index (χ1) is 8.45. The van der Waals surface area contributed by atoms with Crippen LogP contribution in [-0.4, -0.2) is 5.11 Å². The predicted octanol–water partition coefficient (Wildman–Crippen LogP) is 3.06. The van der Waals surface area contributed by atoms with Crippen molar-refractivity contribution in [1.29, 1.82) is 0 Å². The zero-order chi connectivity index (χ0) is 13.4. The van der Waals surface area contributed by atoms with E-state index in [0.717, 1.165) is 0 Å². The number of aromatic hydroxyl groups is 1. The molecule has 0 spiro atoms. The monoisotopic (exact) mass is 175 g/mol. The highest BCUT2D eigenvalue weighted by Crippen LogP contribution is 2.27. The quantitative estimate of drug-likeness (QED) is 0.706. The standard InChI is InChI=1S/C12H10O/c13-12-9-5-4-8-11(12)10-6-2-1-3-7-10/h1-9,13H/i1D,2D,3D,6D,7D. The molecule has 2 rings (SSSR count). The molecule has 64 valence electrons. The summed E-state index contributed by atoms with van der Waals surface area (Å²) in [6, 6.07) is 4.28. The van der Waals surface area contributed by atoms with Gasteiger partial charge in [-0.25, -0.2) is 0 Å². The third-order valence-corrected chi connectivity index (χ3v) is 1.67. The number of rotatable bonds is 1. The van der Waals surface area contributed by atoms with E-state index in [1.807, 2.05) is 0 Å². The minimum absolute atomic E-state index is 0.0131. The van der Waals surface area contributed by atoms with Crippen molar-refractivity contribution >= 4 is 0 Å². The van der Waals surface area contributed by atoms with Gasteiger partial charge in [0.25, 0.3) is 0 Å². The molecule has 0 atom stereocenters. The van der Waals surface area contributed by atoms with Crippen LogP contribution in [0.4, 0.5) is 0 Å². The van der Waals surface area contributed by atoms with Gasteiger partial charge in [0.15, 0.2) is 0 Å². The van der Waals surface area contributed by atoms with Gasteiger partial charge in [-0.1, -0.05) is 48.4 Å². The molecule has 0 bridgehead atoms. The summed E-state index contributed by atoms with van der Waals surface area (Å²) in [5, 5.41) is 9.73. The molecule has 1 heteroatoms. The van der Waals surface area contributed by atoms with Crippen LogP contribution in [0.25, 0.3) is 11.1 Å². The first kappa shape index (κ1) is 3.97. The van der Waals surface area contributed by atoms with E-state index < -0.39 is 18.1 Å². The molecule has 0 radical (unpaired) electrons. The Kier molecular flexibility index (Phi) is 1.01. The summed E-state index contributed by atoms with van der Waals surface area (Å²) in [7, 11) is 0. The van der Waals surface area contributed by atoms with Gasteiger partial charge in [-0.15, -0.1) is 0 Å². The molecule has 0 amide bonds. The van der Waals surface area contributed by atoms with Crippen molar-refractivity contribution in [3.05, 3.63) is 54.5 Å². The van der Waals surface area contributed by atoms with Crippen molar-refractivity contribution in [1.82, 2.24) is 0 Å². The second-order valence-corrected chi connectivity index (χ2v) is 2.52. The summed E-state index contributed by atoms with van der Waals surface area (Å²) in [6.45, 7) is 0. The minimum Gasteiger partial charge on any atom is -0.507 e. The molecular weight excluding hydrogens is 160 g/mol. The summed E-state index contributed by atoms with van der Waals surface area (Å²) in [6.07, 6.45) is 0. The molecule has 0 unspecified atom stereocenters. The van der Waals surface area contributed by atoms with Gasteiger partial charge in [-0.05, 0) is 11.6 Å². The van der Waals surface area contributed by atoms with E-state index in [9.17, 15) is 5.11 Å². The maximum Gasteiger partial charge on any atom is 0.123 e. The van der Waals surface area contributed by atoms with Crippen LogP contribution in [-0.2, 0) is 0 Å². The Balaban J connectivity index is 2.85. The molecule has 2 aromatic carbocycles. The number of benzene rings is 2. The van der Waals surface area contributed by atoms with Crippen LogP contribution in [0.1, 0.15) is 6.85 Å². The van der Waals surface area contributed by atoms with Gasteiger partial charge in [0, 0.05) is 5.56 Å². The van der Waals surface area contributed by atoms with Crippen LogP contribution in [0.2, 0.25) is 0 Å². The molecule has 0 saturated heterocycles. The normalized spacial score (nSPS) is 15.2. The van der Waals surface area contributed by atoms with Crippen molar-refractivity contribution in [3.8, 4) is 16.9 Å². The topological polar surface area (TPSA) is 20.2 Å². The van der Waals surface area contributed by atoms with Gasteiger partial charge < -0.3 is 5.11 Å². The summed E-state index contributed by atoms with van der Waals surface area (Å²) in [5.41, 5.74) is 0.244. The first-order valence-corrected chi connectivity index (χ1v) is 3.80. The van der Waals surface area contributed by atoms with E-state index in [0.29, 0.717) is 0 Å². The number of hydrogen-bond acceptors (Lipinski definition) is 1. The van der Waals surface area contributed by atoms with Crippen molar-refractivity contribution < 1.29 is 12.0 Å². The van der Waals surface area contributed by atoms with Crippen molar-refractivity contribution in [2.24, 2.45) is 0 Å². The highest BCUT2D eigenvalue weighted by molar-refractivity contribution is 5.69. The minimum atomic E-state index is -0.441. The van der Waals surface area contributed by atoms with E-state index in [4.69, 9.17) is 6.85 Å². The van der Waals surface area contributed by atoms with Crippen LogP contribution < -0.4 is 0 Å². The van der Waals surface area contributed by atoms with E-state index in [2.05, 4.69) is 0 Å². The van der Waals surface area contributed by atoms with Crippen molar-refractivity contribution in [2.75, 3.05) is 0 Å². The summed E-state index contributed by atoms with van der Waals surface area (Å²) in [4.78, 5) is 0. The first-order valence-electron chi connectivity index (χ1n) is 6.30. The lowest BCUT2D eigenvalue weighted by molar-refractivity contribution is 0.477. The number of hydrogen-bond donors (Lipinski definition) is 1. The maximum absolute atomic E-state index is 9.73. The Morgan fingerprint density at radius 1 is 1.00 bits per heavy atom. The second-order valence-electron chi connectivity index (χ2n) is 2.52. The van der Waals surface area contributed by atoms with Crippen LogP contribution in [0.5, 0.6) is 5.75 Å². The average Bonchev–Trinajstić information content (AvgIpc) is 2.36. The largest absolute Gasteiger partial charge is 0.507 e. The van der Waals surface area contributed by atoms with E-state index in [-0.39, 0.29) is 29.0 Å². The lowest BCUT2D eigenvalue weighted by Crippen LogP contribution is -1.76. The maximum atomic E-state index is 9.73. The Hall–Kier alpha value is -1.76. The van der Waals surface area contributed by atoms with Crippen LogP contribution in [0.15, 0.2) is 54.5 Å². The van der Waals surface area contributed by atoms with Crippen molar-refractivity contribution in [3.63, 3.8) is 0 Å². The fraction of sp³-hybridized carbons (Fsp3) is 0. The molecule has 0 aliphatic rings. The third-order valence-electron chi connectivity index (χ3n) is 1.67. The number of phenols is 1. The lowest BCUT2D eigenvalue weighted by Gasteiger charge is -2.02. The van der Waals surface area contributed by atoms with Gasteiger partial charge in [-0.3, -0.25) is 0 Å². The van der Waals surface area contributed by atoms with E-state index in [1.54, 1.807) is 12.1 Å². The summed E-state index contributed by atoms with van der Waals surface area (Å²) >= 11 is 0. The fourth-order valence-electron chi connectivity index (χ4n) is 1.07. The van der Waals surface area contributed by atoms with Crippen molar-refractivity contribution in [2.45, 2.75) is 0 Å². The fourth-order valence-corrected chi connectivity index (χ4v) is 1.07. The SMILES string of the molecule is [2H]c1c([2H])c([2H])c(-c2ccccc2O)c([2H])c1[2H]. The molecule has 0 aliphatic heterocycles. The number of phenolic OH excluding ortho intramolecular Hbond substituents is 1. The van der Waals surface area contributed by atoms with Gasteiger partial charge in [0.2, 0.25) is 0 Å². The molecule has 0 aliphatic carbocycles. The highest BCUT2D eigenvalue weighted by atomic mass is 16.3. The van der Waals surface area contributed by atoms with E-state index in [1.165, 1.54) is 12.1 Å². The average molecular weight is 175 g/mol. The molecule has 0 saturated carbocycles. The Labute approximate surface area is 84.3 Å². The molecular formula is C12H10O. The molecule has 1 nitrogen and oxygen atoms in total. The molecule has 0 heterocycles. The Morgan fingerprint density at radius 2 is 1.69 bits per heavy atom. The smallest absolute Gasteiger partial charge is 0.123 e. The Morgan fingerprint density at radius 3 is 2.38 bits per heavy atom. The van der Waals surface area contributed by atoms with Gasteiger partial charge in [0.05, 0.1) is 6.85 Å². The predicted molar refractivity (Wildman–Crippen MR) is 53.5 cm³/mol. The van der Waals surface area contributed by atoms with Gasteiger partial charge in [-0.2, -0.15) is 0 Å². The van der Waals surface area contributed by atoms with Gasteiger partial charge >= 0.3 is 0 Å². The Bertz CT molecular complexity index is 595. The molecule has 0 aromatic heterocycles. The van der Waals surface area contributed by atoms with Crippen LogP contribution in [0, 0.1) is 0 Å². The molecule has 2 aromatic rings. The third kappa shape index (κ3) is 1.54. The highest BCUT2D eigenvalue weighted by Gasteiger charge is 2.00. The molecule has 0 fully saturated rings. The van der Waals surface area contributed by atoms with Crippen LogP contribution >= 0.6 is 0 Å². The van der Waals surface area contributed by atoms with E-state index >= 15 is 0 Å². The van der Waals surface area contributed by atoms with Gasteiger partial charge in [0.1, 0.15) is 5.75 Å². The zero-order valence-electron chi connectivity index (χ0n) is 11.8. The number of para-hydroxylation sites is 1. The second kappa shape index (κ2) is 3.31. The summed E-state index contributed by atoms with van der Waals surface area (Å²) < 4.78 is 38.2. The molecule has 1 N–H and O–H groups in total. The zero-order valence-corrected chi connectivity index (χ0v) is 6.76. The van der Waals surface area contributed by atoms with Crippen LogP contribution in [0.3, 0.4) is 0 Å².